The predicted molar refractivity (Wildman–Crippen MR) is 225 cm³/mol. The van der Waals surface area contributed by atoms with Gasteiger partial charge in [-0.2, -0.15) is 0 Å². The summed E-state index contributed by atoms with van der Waals surface area (Å²) in [5.74, 6) is 18.0. The molecule has 2 aliphatic carbocycles. The highest BCUT2D eigenvalue weighted by atomic mass is 14.5. The van der Waals surface area contributed by atoms with Crippen LogP contribution in [0.2, 0.25) is 0 Å². The number of fused-ring (bicyclic) bond motifs is 1. The van der Waals surface area contributed by atoms with Crippen LogP contribution in [0.1, 0.15) is 179 Å². The Morgan fingerprint density at radius 1 is 0.204 bits per heavy atom. The molecule has 0 heteroatoms. The monoisotopic (exact) mass is 687 g/mol. The van der Waals surface area contributed by atoms with Crippen LogP contribution in [0.25, 0.3) is 0 Å². The van der Waals surface area contributed by atoms with Crippen molar-refractivity contribution >= 4 is 0 Å². The van der Waals surface area contributed by atoms with Gasteiger partial charge in [0.1, 0.15) is 0 Å². The van der Waals surface area contributed by atoms with Crippen molar-refractivity contribution in [3.63, 3.8) is 0 Å². The average molecular weight is 687 g/mol. The van der Waals surface area contributed by atoms with E-state index in [1.54, 1.807) is 0 Å². The third-order valence-corrected chi connectivity index (χ3v) is 19.8. The zero-order valence-electron chi connectivity index (χ0n) is 37.1. The number of rotatable bonds is 0. The second-order valence-electron chi connectivity index (χ2n) is 20.7. The molecule has 49 heavy (non-hydrogen) atoms. The summed E-state index contributed by atoms with van der Waals surface area (Å²) in [6.45, 7) is 54.8. The largest absolute Gasteiger partial charge is 0.0776 e. The van der Waals surface area contributed by atoms with E-state index < -0.39 is 0 Å². The molecule has 2 rings (SSSR count). The van der Waals surface area contributed by atoms with Crippen LogP contribution in [0.4, 0.5) is 0 Å². The van der Waals surface area contributed by atoms with E-state index in [0.717, 1.165) is 136 Å². The van der Waals surface area contributed by atoms with Gasteiger partial charge in [-0.3, -0.25) is 0 Å². The first-order valence-electron chi connectivity index (χ1n) is 22.1. The van der Waals surface area contributed by atoms with E-state index in [1.807, 2.05) is 0 Å². The molecule has 0 N–H and O–H groups in total. The van der Waals surface area contributed by atoms with Gasteiger partial charge in [0.25, 0.3) is 0 Å². The Balaban J connectivity index is 0.0000120. The summed E-state index contributed by atoms with van der Waals surface area (Å²) >= 11 is 0. The van der Waals surface area contributed by atoms with E-state index in [4.69, 9.17) is 0 Å². The van der Waals surface area contributed by atoms with E-state index in [0.29, 0.717) is 0 Å². The molecular formula is C49H98. The maximum atomic E-state index is 2.64. The fourth-order valence-corrected chi connectivity index (χ4v) is 11.9. The Kier molecular flexibility index (Phi) is 19.1. The lowest BCUT2D eigenvalue weighted by Crippen LogP contribution is -2.39. The molecule has 0 aliphatic heterocycles. The molecule has 0 amide bonds. The van der Waals surface area contributed by atoms with Crippen LogP contribution < -0.4 is 0 Å². The van der Waals surface area contributed by atoms with Crippen molar-refractivity contribution in [2.45, 2.75) is 179 Å². The average Bonchev–Trinajstić information content (AvgIpc) is 3.07. The van der Waals surface area contributed by atoms with Crippen LogP contribution in [-0.2, 0) is 0 Å². The van der Waals surface area contributed by atoms with Crippen molar-refractivity contribution in [1.82, 2.24) is 0 Å². The highest BCUT2D eigenvalue weighted by Gasteiger charge is 2.42. The molecule has 0 heterocycles. The molecule has 0 bridgehead atoms. The van der Waals surface area contributed by atoms with Crippen LogP contribution in [0.3, 0.4) is 0 Å². The molecule has 294 valence electrons. The minimum Gasteiger partial charge on any atom is -0.0776 e. The van der Waals surface area contributed by atoms with Crippen molar-refractivity contribution in [1.29, 1.82) is 0 Å². The summed E-state index contributed by atoms with van der Waals surface area (Å²) in [4.78, 5) is 0. The van der Waals surface area contributed by atoms with Crippen molar-refractivity contribution in [3.8, 4) is 0 Å². The molecule has 0 saturated heterocycles. The predicted octanol–water partition coefficient (Wildman–Crippen LogP) is 15.8. The molecule has 0 nitrogen and oxygen atoms in total. The van der Waals surface area contributed by atoms with E-state index in [-0.39, 0.29) is 7.43 Å². The molecular weight excluding hydrogens is 589 g/mol. The van der Waals surface area contributed by atoms with Crippen LogP contribution in [0.15, 0.2) is 0 Å². The molecule has 0 aromatic heterocycles. The van der Waals surface area contributed by atoms with Gasteiger partial charge in [-0.1, -0.05) is 159 Å². The smallest absolute Gasteiger partial charge is 0.0357 e. The molecule has 23 atom stereocenters. The third-order valence-electron chi connectivity index (χ3n) is 19.8. The quantitative estimate of drug-likeness (QED) is 0.238. The summed E-state index contributed by atoms with van der Waals surface area (Å²) in [5, 5.41) is 0. The third kappa shape index (κ3) is 10.6. The van der Waals surface area contributed by atoms with Gasteiger partial charge in [0.15, 0.2) is 0 Å². The molecule has 0 radical (unpaired) electrons. The highest BCUT2D eigenvalue weighted by Crippen LogP contribution is 2.50. The Morgan fingerprint density at radius 2 is 0.388 bits per heavy atom. The van der Waals surface area contributed by atoms with E-state index in [2.05, 4.69) is 145 Å². The van der Waals surface area contributed by atoms with Crippen molar-refractivity contribution in [2.24, 2.45) is 136 Å². The molecule has 2 saturated carbocycles. The van der Waals surface area contributed by atoms with Crippen LogP contribution >= 0.6 is 0 Å². The van der Waals surface area contributed by atoms with Crippen molar-refractivity contribution < 1.29 is 0 Å². The van der Waals surface area contributed by atoms with Gasteiger partial charge in [-0.05, 0) is 155 Å². The lowest BCUT2D eigenvalue weighted by Gasteiger charge is -2.47. The van der Waals surface area contributed by atoms with Gasteiger partial charge in [0.2, 0.25) is 0 Å². The van der Waals surface area contributed by atoms with Gasteiger partial charge in [-0.15, -0.1) is 0 Å². The fourth-order valence-electron chi connectivity index (χ4n) is 11.9. The van der Waals surface area contributed by atoms with Crippen LogP contribution in [-0.4, -0.2) is 0 Å². The first-order chi connectivity index (χ1) is 22.1. The van der Waals surface area contributed by atoms with Crippen LogP contribution in [0.5, 0.6) is 0 Å². The Labute approximate surface area is 313 Å². The fraction of sp³-hybridized carbons (Fsp3) is 1.00. The summed E-state index contributed by atoms with van der Waals surface area (Å²) in [5.41, 5.74) is 0. The Morgan fingerprint density at radius 3 is 0.592 bits per heavy atom. The number of hydrogen-bond acceptors (Lipinski definition) is 0. The summed E-state index contributed by atoms with van der Waals surface area (Å²) in [7, 11) is 0. The maximum absolute atomic E-state index is 2.64. The van der Waals surface area contributed by atoms with Gasteiger partial charge in [0.05, 0.1) is 0 Å². The molecule has 23 unspecified atom stereocenters. The van der Waals surface area contributed by atoms with Crippen LogP contribution in [0, 0.1) is 136 Å². The van der Waals surface area contributed by atoms with Gasteiger partial charge < -0.3 is 0 Å². The number of hydrogen-bond donors (Lipinski definition) is 0. The van der Waals surface area contributed by atoms with E-state index in [1.165, 1.54) is 25.7 Å². The zero-order chi connectivity index (χ0) is 37.1. The minimum atomic E-state index is 0. The molecule has 0 aromatic carbocycles. The molecule has 0 aromatic rings. The minimum absolute atomic E-state index is 0. The summed E-state index contributed by atoms with van der Waals surface area (Å²) in [6, 6.07) is 0. The molecule has 2 fully saturated rings. The SMILES string of the molecule is C.CC1CCC2CCC2C(C)C(C)C(C)C(C)C(C)C(C)C(C)C(C)C(C)C(C)C(C)C(C)C(C)C(C)C(C)C(C)C(C)C(C)C(C)C1C. The normalized spacial score (nSPS) is 53.9. The highest BCUT2D eigenvalue weighted by molar-refractivity contribution is 4.91. The van der Waals surface area contributed by atoms with E-state index >= 15 is 0 Å². The standard InChI is InChI=1S/C48H94.CH4/c1-26-22-23-47-24-25-48(47)46(21)45(20)44(19)43(18)42(17)41(16)40(15)39(14)38(13)37(12)36(11)35(10)34(9)33(8)32(7)31(6)30(5)29(4)28(3)27(26)2;/h26-48H,22-25H2,1-21H3;1H4. The molecule has 0 spiro atoms. The maximum Gasteiger partial charge on any atom is -0.0357 e. The second kappa shape index (κ2) is 19.9. The van der Waals surface area contributed by atoms with E-state index in [9.17, 15) is 0 Å². The van der Waals surface area contributed by atoms with Crippen molar-refractivity contribution in [3.05, 3.63) is 0 Å². The summed E-state index contributed by atoms with van der Waals surface area (Å²) < 4.78 is 0. The zero-order valence-corrected chi connectivity index (χ0v) is 37.1. The van der Waals surface area contributed by atoms with Crippen molar-refractivity contribution in [2.75, 3.05) is 0 Å². The lowest BCUT2D eigenvalue weighted by molar-refractivity contribution is 0.0242. The second-order valence-corrected chi connectivity index (χ2v) is 20.7. The summed E-state index contributed by atoms with van der Waals surface area (Å²) in [6.07, 6.45) is 5.86. The Bertz CT molecular complexity index is 842. The first-order valence-corrected chi connectivity index (χ1v) is 22.1. The van der Waals surface area contributed by atoms with Gasteiger partial charge in [-0.25, -0.2) is 0 Å². The van der Waals surface area contributed by atoms with Gasteiger partial charge in [0, 0.05) is 0 Å². The Hall–Kier alpha value is 0. The molecule has 2 aliphatic rings. The van der Waals surface area contributed by atoms with Gasteiger partial charge >= 0.3 is 0 Å². The first kappa shape index (κ1) is 47.0. The lowest BCUT2D eigenvalue weighted by atomic mass is 9.59. The topological polar surface area (TPSA) is 0 Å².